The van der Waals surface area contributed by atoms with Gasteiger partial charge in [0, 0.05) is 18.2 Å². The lowest BCUT2D eigenvalue weighted by Crippen LogP contribution is -2.24. The van der Waals surface area contributed by atoms with Crippen molar-refractivity contribution in [2.75, 3.05) is 16.6 Å². The van der Waals surface area contributed by atoms with E-state index < -0.39 is 10.2 Å². The summed E-state index contributed by atoms with van der Waals surface area (Å²) in [7, 11) is -3.82. The molecule has 0 bridgehead atoms. The normalized spacial score (nSPS) is 11.4. The fourth-order valence-corrected chi connectivity index (χ4v) is 2.14. The highest BCUT2D eigenvalue weighted by Gasteiger charge is 2.05. The van der Waals surface area contributed by atoms with Gasteiger partial charge in [-0.1, -0.05) is 19.9 Å². The Bertz CT molecular complexity index is 573. The van der Waals surface area contributed by atoms with Crippen molar-refractivity contribution in [3.8, 4) is 0 Å². The quantitative estimate of drug-likeness (QED) is 0.536. The van der Waals surface area contributed by atoms with Crippen LogP contribution in [-0.2, 0) is 15.0 Å². The molecule has 0 saturated heterocycles. The highest BCUT2D eigenvalue weighted by atomic mass is 32.2. The van der Waals surface area contributed by atoms with E-state index in [-0.39, 0.29) is 5.91 Å². The Hall–Kier alpha value is -1.64. The SMILES string of the molecule is CC(C)NCCCC(=O)Nc1cccc(NS(N)(=O)=O)c1. The van der Waals surface area contributed by atoms with Crippen LogP contribution in [0.3, 0.4) is 0 Å². The van der Waals surface area contributed by atoms with Crippen LogP contribution >= 0.6 is 0 Å². The number of carbonyl (C=O) groups excluding carboxylic acids is 1. The Morgan fingerprint density at radius 1 is 1.29 bits per heavy atom. The molecule has 0 saturated carbocycles. The molecule has 0 fully saturated rings. The molecule has 1 rings (SSSR count). The van der Waals surface area contributed by atoms with Crippen LogP contribution in [0.15, 0.2) is 24.3 Å². The molecular weight excluding hydrogens is 292 g/mol. The minimum absolute atomic E-state index is 0.117. The molecule has 8 heteroatoms. The van der Waals surface area contributed by atoms with E-state index in [1.807, 2.05) is 13.8 Å². The van der Waals surface area contributed by atoms with Gasteiger partial charge in [-0.15, -0.1) is 0 Å². The molecular formula is C13H22N4O3S. The van der Waals surface area contributed by atoms with Gasteiger partial charge >= 0.3 is 0 Å². The summed E-state index contributed by atoms with van der Waals surface area (Å²) < 4.78 is 24.0. The zero-order valence-electron chi connectivity index (χ0n) is 12.2. The van der Waals surface area contributed by atoms with Crippen LogP contribution in [-0.4, -0.2) is 26.9 Å². The van der Waals surface area contributed by atoms with Crippen LogP contribution in [0.25, 0.3) is 0 Å². The van der Waals surface area contributed by atoms with Gasteiger partial charge in [0.25, 0.3) is 10.2 Å². The van der Waals surface area contributed by atoms with Crippen molar-refractivity contribution in [3.05, 3.63) is 24.3 Å². The van der Waals surface area contributed by atoms with E-state index in [1.165, 1.54) is 6.07 Å². The first kappa shape index (κ1) is 17.4. The van der Waals surface area contributed by atoms with Gasteiger partial charge in [-0.25, -0.2) is 5.14 Å². The van der Waals surface area contributed by atoms with Crippen molar-refractivity contribution in [1.29, 1.82) is 0 Å². The van der Waals surface area contributed by atoms with Crippen LogP contribution in [0.5, 0.6) is 0 Å². The second-order valence-corrected chi connectivity index (χ2v) is 6.28. The third kappa shape index (κ3) is 8.28. The number of hydrogen-bond acceptors (Lipinski definition) is 4. The van der Waals surface area contributed by atoms with Crippen LogP contribution in [0, 0.1) is 0 Å². The molecule has 0 radical (unpaired) electrons. The van der Waals surface area contributed by atoms with Crippen molar-refractivity contribution in [1.82, 2.24) is 5.32 Å². The second kappa shape index (κ2) is 7.96. The molecule has 21 heavy (non-hydrogen) atoms. The van der Waals surface area contributed by atoms with Gasteiger partial charge in [-0.2, -0.15) is 8.42 Å². The molecule has 7 nitrogen and oxygen atoms in total. The van der Waals surface area contributed by atoms with E-state index in [4.69, 9.17) is 5.14 Å². The molecule has 0 spiro atoms. The Balaban J connectivity index is 2.47. The molecule has 1 aromatic carbocycles. The molecule has 5 N–H and O–H groups in total. The molecule has 0 aliphatic rings. The van der Waals surface area contributed by atoms with E-state index in [2.05, 4.69) is 15.4 Å². The molecule has 0 aliphatic heterocycles. The van der Waals surface area contributed by atoms with Gasteiger partial charge in [-0.05, 0) is 31.2 Å². The number of carbonyl (C=O) groups is 1. The Morgan fingerprint density at radius 2 is 1.95 bits per heavy atom. The van der Waals surface area contributed by atoms with E-state index in [1.54, 1.807) is 18.2 Å². The minimum Gasteiger partial charge on any atom is -0.326 e. The molecule has 118 valence electrons. The van der Waals surface area contributed by atoms with Crippen LogP contribution < -0.4 is 20.5 Å². The number of amides is 1. The summed E-state index contributed by atoms with van der Waals surface area (Å²) in [4.78, 5) is 11.8. The maximum atomic E-state index is 11.8. The van der Waals surface area contributed by atoms with Gasteiger partial charge in [0.15, 0.2) is 0 Å². The van der Waals surface area contributed by atoms with Crippen LogP contribution in [0.4, 0.5) is 11.4 Å². The number of hydrogen-bond donors (Lipinski definition) is 4. The summed E-state index contributed by atoms with van der Waals surface area (Å²) in [6.45, 7) is 4.87. The largest absolute Gasteiger partial charge is 0.326 e. The fourth-order valence-electron chi connectivity index (χ4n) is 1.69. The van der Waals surface area contributed by atoms with Gasteiger partial charge in [0.05, 0.1) is 5.69 Å². The fraction of sp³-hybridized carbons (Fsp3) is 0.462. The smallest absolute Gasteiger partial charge is 0.296 e. The first-order valence-electron chi connectivity index (χ1n) is 6.70. The first-order chi connectivity index (χ1) is 9.76. The monoisotopic (exact) mass is 314 g/mol. The van der Waals surface area contributed by atoms with Crippen molar-refractivity contribution in [3.63, 3.8) is 0 Å². The molecule has 0 aromatic heterocycles. The number of nitrogens with one attached hydrogen (secondary N) is 3. The first-order valence-corrected chi connectivity index (χ1v) is 8.25. The third-order valence-corrected chi connectivity index (χ3v) is 3.06. The number of rotatable bonds is 8. The molecule has 1 amide bonds. The topological polar surface area (TPSA) is 113 Å². The predicted octanol–water partition coefficient (Wildman–Crippen LogP) is 1.02. The van der Waals surface area contributed by atoms with Crippen LogP contribution in [0.2, 0.25) is 0 Å². The summed E-state index contributed by atoms with van der Waals surface area (Å²) in [5.74, 6) is -0.117. The predicted molar refractivity (Wildman–Crippen MR) is 84.2 cm³/mol. The molecule has 1 aromatic rings. The zero-order valence-corrected chi connectivity index (χ0v) is 13.0. The van der Waals surface area contributed by atoms with E-state index >= 15 is 0 Å². The maximum absolute atomic E-state index is 11.8. The Morgan fingerprint density at radius 3 is 2.57 bits per heavy atom. The van der Waals surface area contributed by atoms with Crippen LogP contribution in [0.1, 0.15) is 26.7 Å². The van der Waals surface area contributed by atoms with Crippen molar-refractivity contribution in [2.45, 2.75) is 32.7 Å². The maximum Gasteiger partial charge on any atom is 0.296 e. The average Bonchev–Trinajstić information content (AvgIpc) is 2.32. The summed E-state index contributed by atoms with van der Waals surface area (Å²) in [5, 5.41) is 10.8. The van der Waals surface area contributed by atoms with Gasteiger partial charge < -0.3 is 10.6 Å². The number of benzene rings is 1. The summed E-state index contributed by atoms with van der Waals surface area (Å²) in [5.41, 5.74) is 0.822. The second-order valence-electron chi connectivity index (χ2n) is 4.99. The van der Waals surface area contributed by atoms with E-state index in [0.29, 0.717) is 23.8 Å². The Labute approximate surface area is 125 Å². The highest BCUT2D eigenvalue weighted by molar-refractivity contribution is 7.90. The molecule has 0 aliphatic carbocycles. The zero-order chi connectivity index (χ0) is 15.9. The lowest BCUT2D eigenvalue weighted by molar-refractivity contribution is -0.116. The number of nitrogens with two attached hydrogens (primary N) is 1. The van der Waals surface area contributed by atoms with Crippen molar-refractivity contribution < 1.29 is 13.2 Å². The van der Waals surface area contributed by atoms with E-state index in [9.17, 15) is 13.2 Å². The lowest BCUT2D eigenvalue weighted by Gasteiger charge is -2.09. The van der Waals surface area contributed by atoms with Gasteiger partial charge in [0.2, 0.25) is 5.91 Å². The lowest BCUT2D eigenvalue weighted by atomic mass is 10.2. The van der Waals surface area contributed by atoms with E-state index in [0.717, 1.165) is 13.0 Å². The number of anilines is 2. The molecule has 0 unspecified atom stereocenters. The van der Waals surface area contributed by atoms with Crippen molar-refractivity contribution in [2.24, 2.45) is 5.14 Å². The summed E-state index contributed by atoms with van der Waals surface area (Å²) in [6.07, 6.45) is 1.13. The van der Waals surface area contributed by atoms with Gasteiger partial charge in [0.1, 0.15) is 0 Å². The third-order valence-electron chi connectivity index (χ3n) is 2.54. The summed E-state index contributed by atoms with van der Waals surface area (Å²) in [6, 6.07) is 6.76. The molecule has 0 heterocycles. The highest BCUT2D eigenvalue weighted by Crippen LogP contribution is 2.15. The molecule has 0 atom stereocenters. The Kier molecular flexibility index (Phi) is 6.60. The average molecular weight is 314 g/mol. The van der Waals surface area contributed by atoms with Gasteiger partial charge in [-0.3, -0.25) is 9.52 Å². The van der Waals surface area contributed by atoms with Crippen molar-refractivity contribution >= 4 is 27.5 Å². The summed E-state index contributed by atoms with van der Waals surface area (Å²) >= 11 is 0. The standard InChI is InChI=1S/C13H22N4O3S/c1-10(2)15-8-4-7-13(18)16-11-5-3-6-12(9-11)17-21(14,19)20/h3,5-6,9-10,15,17H,4,7-8H2,1-2H3,(H,16,18)(H2,14,19,20). The minimum atomic E-state index is -3.82.